The maximum absolute atomic E-state index is 11.4. The number of amides is 4. The van der Waals surface area contributed by atoms with Gasteiger partial charge >= 0.3 is 0 Å². The highest BCUT2D eigenvalue weighted by Crippen LogP contribution is 2.33. The van der Waals surface area contributed by atoms with Gasteiger partial charge in [-0.25, -0.2) is 32.1 Å². The molecular formula is C106H156N10O17S3. The highest BCUT2D eigenvalue weighted by molar-refractivity contribution is 7.89. The number of aryl methyl sites for hydroxylation is 4. The van der Waals surface area contributed by atoms with Crippen LogP contribution in [0.2, 0.25) is 0 Å². The third kappa shape index (κ3) is 46.3. The van der Waals surface area contributed by atoms with Crippen molar-refractivity contribution >= 4 is 60.7 Å². The minimum Gasteiger partial charge on any atom is -0.496 e. The molecule has 0 fully saturated rings. The van der Waals surface area contributed by atoms with E-state index in [4.69, 9.17) is 69.6 Å². The van der Waals surface area contributed by atoms with E-state index >= 15 is 0 Å². The zero-order valence-electron chi connectivity index (χ0n) is 85.7. The first-order valence-corrected chi connectivity index (χ1v) is 50.4. The molecule has 27 nitrogen and oxygen atoms in total. The van der Waals surface area contributed by atoms with E-state index < -0.39 is 44.4 Å². The fourth-order valence-corrected chi connectivity index (χ4v) is 15.6. The normalized spacial score (nSPS) is 11.4. The molecule has 0 radical (unpaired) electrons. The molecule has 0 aliphatic carbocycles. The molecule has 0 aliphatic rings. The van der Waals surface area contributed by atoms with Gasteiger partial charge in [-0.15, -0.1) is 11.3 Å². The summed E-state index contributed by atoms with van der Waals surface area (Å²) in [5.41, 5.74) is 28.7. The molecule has 4 amide bonds. The third-order valence-electron chi connectivity index (χ3n) is 19.6. The number of hydrogen-bond acceptors (Lipinski definition) is 22. The fraction of sp³-hybridized carbons (Fsp3) is 0.491. The number of carbonyl (C=O) groups is 4. The van der Waals surface area contributed by atoms with Crippen molar-refractivity contribution in [1.29, 1.82) is 0 Å². The van der Waals surface area contributed by atoms with Gasteiger partial charge in [0.2, 0.25) is 37.8 Å². The number of aliphatic hydroxyl groups excluding tert-OH is 2. The largest absolute Gasteiger partial charge is 0.496 e. The van der Waals surface area contributed by atoms with Crippen molar-refractivity contribution in [2.24, 2.45) is 80.7 Å². The van der Waals surface area contributed by atoms with Gasteiger partial charge in [0, 0.05) is 65.4 Å². The predicted molar refractivity (Wildman–Crippen MR) is 545 cm³/mol. The first kappa shape index (κ1) is 119. The van der Waals surface area contributed by atoms with Crippen LogP contribution in [-0.4, -0.2) is 98.1 Å². The Hall–Kier alpha value is -10.9. The van der Waals surface area contributed by atoms with E-state index in [1.165, 1.54) is 46.7 Å². The number of nitrogens with two attached hydrogens (primary N) is 5. The van der Waals surface area contributed by atoms with Gasteiger partial charge in [-0.1, -0.05) is 231 Å². The minimum absolute atomic E-state index is 0.0472. The molecule has 6 aromatic heterocycles. The summed E-state index contributed by atoms with van der Waals surface area (Å²) in [7, 11) is -5.67. The molecule has 11 rings (SSSR count). The van der Waals surface area contributed by atoms with E-state index in [9.17, 15) is 36.0 Å². The van der Waals surface area contributed by atoms with Gasteiger partial charge in [-0.3, -0.25) is 19.2 Å². The number of thiazole rings is 1. The van der Waals surface area contributed by atoms with Crippen molar-refractivity contribution in [3.63, 3.8) is 0 Å². The Morgan fingerprint density at radius 3 is 1.51 bits per heavy atom. The molecule has 13 N–H and O–H groups in total. The molecule has 5 aromatic carbocycles. The molecule has 0 saturated heterocycles. The second kappa shape index (κ2) is 58.0. The zero-order valence-corrected chi connectivity index (χ0v) is 88.1. The Labute approximate surface area is 813 Å². The maximum atomic E-state index is 11.4. The summed E-state index contributed by atoms with van der Waals surface area (Å²) in [6.07, 6.45) is 11.0. The number of aliphatic hydroxyl groups is 2. The number of rotatable bonds is 32. The summed E-state index contributed by atoms with van der Waals surface area (Å²) >= 11 is 1.71. The van der Waals surface area contributed by atoms with Crippen LogP contribution in [0.4, 0.5) is 5.69 Å². The van der Waals surface area contributed by atoms with Gasteiger partial charge in [0.05, 0.1) is 40.5 Å². The van der Waals surface area contributed by atoms with Crippen LogP contribution in [0.15, 0.2) is 177 Å². The lowest BCUT2D eigenvalue weighted by Gasteiger charge is -2.24. The van der Waals surface area contributed by atoms with Gasteiger partial charge in [0.25, 0.3) is 11.8 Å². The number of carbonyl (C=O) groups excluding carboxylic acids is 4. The molecule has 11 aromatic rings. The molecule has 0 atom stereocenters. The number of benzene rings is 5. The van der Waals surface area contributed by atoms with Crippen LogP contribution in [0.1, 0.15) is 282 Å². The molecule has 136 heavy (non-hydrogen) atoms. The third-order valence-corrected chi connectivity index (χ3v) is 22.4. The van der Waals surface area contributed by atoms with E-state index in [0.29, 0.717) is 82.0 Å². The summed E-state index contributed by atoms with van der Waals surface area (Å²) in [6.45, 7) is 56.3. The summed E-state index contributed by atoms with van der Waals surface area (Å²) in [5.74, 6) is 8.46. The van der Waals surface area contributed by atoms with Gasteiger partial charge in [0.15, 0.2) is 17.3 Å². The van der Waals surface area contributed by atoms with Crippen LogP contribution < -0.4 is 42.3 Å². The van der Waals surface area contributed by atoms with Crippen molar-refractivity contribution in [1.82, 2.24) is 20.5 Å². The molecule has 0 saturated carbocycles. The quantitative estimate of drug-likeness (QED) is 0.0194. The first-order chi connectivity index (χ1) is 63.3. The number of nitrogens with zero attached hydrogens (tertiary/aromatic N) is 4. The van der Waals surface area contributed by atoms with E-state index in [0.717, 1.165) is 125 Å². The lowest BCUT2D eigenvalue weighted by Crippen LogP contribution is -2.21. The number of hydrogen-bond donors (Lipinski definition) is 8. The molecule has 750 valence electrons. The Morgan fingerprint density at radius 1 is 0.507 bits per heavy atom. The molecular weight excluding hydrogens is 1780 g/mol. The van der Waals surface area contributed by atoms with E-state index in [1.54, 1.807) is 68.0 Å². The first-order valence-electron chi connectivity index (χ1n) is 46.5. The fourth-order valence-electron chi connectivity index (χ4n) is 13.3. The topological polar surface area (TPSA) is 455 Å². The molecule has 0 aliphatic heterocycles. The zero-order chi connectivity index (χ0) is 103. The monoisotopic (exact) mass is 1940 g/mol. The lowest BCUT2D eigenvalue weighted by molar-refractivity contribution is -0.118. The van der Waals surface area contributed by atoms with Crippen LogP contribution in [-0.2, 0) is 93.5 Å². The lowest BCUT2D eigenvalue weighted by atomic mass is 9.84. The minimum atomic E-state index is -3.64. The highest BCUT2D eigenvalue weighted by Gasteiger charge is 2.25. The second-order valence-corrected chi connectivity index (χ2v) is 43.7. The second-order valence-electron chi connectivity index (χ2n) is 39.7. The van der Waals surface area contributed by atoms with Crippen LogP contribution in [0.5, 0.6) is 11.6 Å². The predicted octanol–water partition coefficient (Wildman–Crippen LogP) is 21.7. The average molecular weight is 1940 g/mol. The highest BCUT2D eigenvalue weighted by atomic mass is 32.2. The van der Waals surface area contributed by atoms with Crippen molar-refractivity contribution in [2.75, 3.05) is 32.2 Å². The van der Waals surface area contributed by atoms with Crippen LogP contribution in [0, 0.1) is 74.0 Å². The number of furan rings is 2. The van der Waals surface area contributed by atoms with E-state index in [-0.39, 0.29) is 51.2 Å². The molecule has 30 heteroatoms. The average Bonchev–Trinajstić information content (AvgIpc) is 1.12. The van der Waals surface area contributed by atoms with Gasteiger partial charge in [-0.2, -0.15) is 0 Å². The van der Waals surface area contributed by atoms with Crippen molar-refractivity contribution in [3.05, 3.63) is 240 Å². The number of ether oxygens (including phenoxy) is 2. The van der Waals surface area contributed by atoms with Gasteiger partial charge in [-0.05, 0) is 235 Å². The standard InChI is InChI=1S/C16H25NO2.C12H16N2O2.C12H15NOS.C12H18.C11H17NO3S.C11H17NO2S.C11H13NO2.C11H19NO.C10H16N2O4/c1-11(2)8-12-6-7-13(16(3,4)5)14(9-12)17-15(19)10-18;1-7(2)3-8-4-9(11(13)15)6-10(5-8)12(14)16;1-8(2)6-12-13-10(7-15-12)11-5-4-9(3)14-11;1-10(2)4-7-12-8-5-11(3)6-9-12;1-8(2)6-9-7-10(16(12,13)14)4-5-11(9)15-3;1-8(2)6-10-5-4-9(3)11(7-10)15(12,13)14;1-8(2)6-9-7-10(12-14-9)11-4-3-5-13-11;1-8(2)6-9-7-10(12-13-9)11(3,4)5;1-6(2)5-7-8(9(11)14)10(12-16-7)15-4-3-13/h6-7,9,11,18H,8,10H2,1-5H3,(H,17,19);4-7H,3H2,1-2H3,(H2,13,15)(H2,14,16);4-5,7-8H,6H2,1-3H3;5-6,8-10H,4,7H2,1-3H3;4-5,7-8H,6H2,1-3H3,(H2,12,13,14);4-5,7-8H,6H2,1-3H3,(H2,12,13,14);3-5,7-8H,6H2,1-2H3;7-8H,6H2,1-5H3;6,13H,3-5H2,1-2H3,(H2,11,14). The van der Waals surface area contributed by atoms with Crippen LogP contribution in [0.3, 0.4) is 0 Å². The van der Waals surface area contributed by atoms with Crippen molar-refractivity contribution < 1.29 is 78.1 Å². The number of anilines is 1. The molecule has 6 heterocycles. The molecule has 0 spiro atoms. The van der Waals surface area contributed by atoms with E-state index in [1.807, 2.05) is 63.2 Å². The number of primary sulfonamides is 2. The smallest absolute Gasteiger partial charge is 0.267 e. The number of methoxy groups -OCH3 is 1. The summed E-state index contributed by atoms with van der Waals surface area (Å²) in [4.78, 5) is 49.8. The molecule has 0 unspecified atom stereocenters. The SMILES string of the molecule is CC(C)Cc1cc(-c2ccco2)no1.CC(C)Cc1cc(C(C)(C)C)no1.CC(C)Cc1cc(C(N)=O)cc(C(N)=O)c1.CC(C)Cc1ccc(C(C)(C)C)c(NC(=O)CO)c1.CC(C)Cc1onc(OCCO)c1C(N)=O.COc1ccc(S(N)(=O)=O)cc1CC(C)C.Cc1ccc(-c2csc(CC(C)C)n2)o1.Cc1ccc(CC(C)C)cc1S(N)(=O)=O.Cc1ccc(CCC(C)C)cc1. The van der Waals surface area contributed by atoms with Gasteiger partial charge < -0.3 is 64.6 Å². The number of sulfonamides is 2. The number of aromatic nitrogens is 4. The Balaban J connectivity index is 0.000000395. The number of primary amides is 3. The Kier molecular flexibility index (Phi) is 50.9. The molecule has 0 bridgehead atoms. The van der Waals surface area contributed by atoms with Crippen molar-refractivity contribution in [3.8, 4) is 34.5 Å². The Bertz CT molecular complexity index is 5610. The Morgan fingerprint density at radius 2 is 1.04 bits per heavy atom. The van der Waals surface area contributed by atoms with Crippen LogP contribution in [0.25, 0.3) is 22.9 Å². The van der Waals surface area contributed by atoms with Crippen molar-refractivity contribution in [2.45, 2.75) is 272 Å². The summed E-state index contributed by atoms with van der Waals surface area (Å²) in [6, 6.07) is 41.6. The summed E-state index contributed by atoms with van der Waals surface area (Å²) in [5, 5.41) is 45.4. The van der Waals surface area contributed by atoms with Crippen LogP contribution >= 0.6 is 11.3 Å². The van der Waals surface area contributed by atoms with Gasteiger partial charge in [0.1, 0.15) is 53.2 Å². The number of nitrogens with one attached hydrogen (secondary N) is 1. The van der Waals surface area contributed by atoms with E-state index in [2.05, 4.69) is 233 Å². The summed E-state index contributed by atoms with van der Waals surface area (Å²) < 4.78 is 81.4. The maximum Gasteiger partial charge on any atom is 0.267 e.